The number of carbonyl (C=O) groups is 2. The van der Waals surface area contributed by atoms with Crippen LogP contribution in [0.4, 0.5) is 0 Å². The van der Waals surface area contributed by atoms with E-state index in [4.69, 9.17) is 9.47 Å². The third kappa shape index (κ3) is 10.8. The molecule has 0 fully saturated rings. The summed E-state index contributed by atoms with van der Waals surface area (Å²) in [5.74, 6) is 5.76. The van der Waals surface area contributed by atoms with Gasteiger partial charge in [0.15, 0.2) is 0 Å². The van der Waals surface area contributed by atoms with Crippen molar-refractivity contribution in [2.75, 3.05) is 27.1 Å². The molecular weight excluding hydrogens is 322 g/mol. The topological polar surface area (TPSA) is 88.7 Å². The van der Waals surface area contributed by atoms with E-state index in [1.807, 2.05) is 20.9 Å². The number of amides is 2. The highest BCUT2D eigenvalue weighted by Crippen LogP contribution is 2.10. The summed E-state index contributed by atoms with van der Waals surface area (Å²) in [5, 5.41) is 8.28. The fraction of sp³-hybridized carbons (Fsp3) is 0.778. The van der Waals surface area contributed by atoms with Crippen LogP contribution in [0.25, 0.3) is 0 Å². The average molecular weight is 353 g/mol. The van der Waals surface area contributed by atoms with Gasteiger partial charge in [-0.15, -0.1) is 5.92 Å². The fourth-order valence-corrected chi connectivity index (χ4v) is 2.20. The predicted octanol–water partition coefficient (Wildman–Crippen LogP) is 0.891. The second kappa shape index (κ2) is 11.9. The second-order valence-corrected chi connectivity index (χ2v) is 6.72. The Labute approximate surface area is 150 Å². The van der Waals surface area contributed by atoms with E-state index in [1.165, 1.54) is 0 Å². The Morgan fingerprint density at radius 2 is 1.84 bits per heavy atom. The van der Waals surface area contributed by atoms with Crippen LogP contribution in [0.5, 0.6) is 0 Å². The summed E-state index contributed by atoms with van der Waals surface area (Å²) in [4.78, 5) is 23.4. The number of ether oxygens (including phenoxy) is 2. The molecule has 1 rings (SSSR count). The molecule has 0 bridgehead atoms. The van der Waals surface area contributed by atoms with Crippen LogP contribution in [0.1, 0.15) is 52.4 Å². The van der Waals surface area contributed by atoms with Crippen LogP contribution in [0.15, 0.2) is 0 Å². The van der Waals surface area contributed by atoms with Crippen molar-refractivity contribution in [1.29, 1.82) is 0 Å². The molecule has 0 spiro atoms. The molecule has 7 heteroatoms. The zero-order valence-electron chi connectivity index (χ0n) is 15.6. The van der Waals surface area contributed by atoms with Crippen LogP contribution in [-0.2, 0) is 19.1 Å². The van der Waals surface area contributed by atoms with Gasteiger partial charge in [0.25, 0.3) is 0 Å². The van der Waals surface area contributed by atoms with E-state index in [0.29, 0.717) is 6.42 Å². The third-order valence-electron chi connectivity index (χ3n) is 3.97. The predicted molar refractivity (Wildman–Crippen MR) is 95.5 cm³/mol. The molecule has 0 aliphatic heterocycles. The second-order valence-electron chi connectivity index (χ2n) is 6.72. The van der Waals surface area contributed by atoms with Crippen molar-refractivity contribution in [2.45, 2.75) is 64.0 Å². The molecule has 0 saturated carbocycles. The van der Waals surface area contributed by atoms with Crippen molar-refractivity contribution in [1.82, 2.24) is 16.0 Å². The molecule has 3 N–H and O–H groups in total. The van der Waals surface area contributed by atoms with Crippen molar-refractivity contribution in [3.05, 3.63) is 0 Å². The van der Waals surface area contributed by atoms with E-state index < -0.39 is 0 Å². The Kier molecular flexibility index (Phi) is 10.2. The number of hydrogen-bond acceptors (Lipinski definition) is 5. The molecule has 1 aliphatic carbocycles. The Morgan fingerprint density at radius 3 is 2.56 bits per heavy atom. The van der Waals surface area contributed by atoms with Crippen molar-refractivity contribution in [3.8, 4) is 11.8 Å². The van der Waals surface area contributed by atoms with E-state index in [0.717, 1.165) is 32.1 Å². The van der Waals surface area contributed by atoms with E-state index in [2.05, 4.69) is 27.8 Å². The summed E-state index contributed by atoms with van der Waals surface area (Å²) in [6.07, 6.45) is 5.32. The summed E-state index contributed by atoms with van der Waals surface area (Å²) >= 11 is 0. The van der Waals surface area contributed by atoms with Gasteiger partial charge in [0, 0.05) is 18.4 Å². The Morgan fingerprint density at radius 1 is 1.12 bits per heavy atom. The number of carbonyl (C=O) groups excluding carboxylic acids is 2. The van der Waals surface area contributed by atoms with Gasteiger partial charge in [-0.2, -0.15) is 0 Å². The maximum absolute atomic E-state index is 11.7. The maximum Gasteiger partial charge on any atom is 0.247 e. The normalized spacial score (nSPS) is 17.6. The zero-order chi connectivity index (χ0) is 18.5. The Balaban J connectivity index is 2.07. The van der Waals surface area contributed by atoms with E-state index in [-0.39, 0.29) is 43.5 Å². The first kappa shape index (κ1) is 21.4. The van der Waals surface area contributed by atoms with Crippen molar-refractivity contribution >= 4 is 11.8 Å². The zero-order valence-corrected chi connectivity index (χ0v) is 15.6. The lowest BCUT2D eigenvalue weighted by molar-refractivity contribution is -0.129. The Bertz CT molecular complexity index is 482. The lowest BCUT2D eigenvalue weighted by Gasteiger charge is -2.23. The summed E-state index contributed by atoms with van der Waals surface area (Å²) in [7, 11) is 1.81. The van der Waals surface area contributed by atoms with Crippen molar-refractivity contribution in [2.24, 2.45) is 0 Å². The minimum atomic E-state index is -0.268. The minimum absolute atomic E-state index is 0.0221. The number of nitrogens with one attached hydrogen (secondary N) is 3. The maximum atomic E-state index is 11.7. The molecule has 0 aromatic heterocycles. The molecule has 1 atom stereocenters. The van der Waals surface area contributed by atoms with Gasteiger partial charge in [0.2, 0.25) is 11.8 Å². The largest absolute Gasteiger partial charge is 0.356 e. The fourth-order valence-electron chi connectivity index (χ4n) is 2.20. The smallest absolute Gasteiger partial charge is 0.247 e. The molecule has 0 heterocycles. The van der Waals surface area contributed by atoms with Gasteiger partial charge in [-0.3, -0.25) is 9.59 Å². The molecule has 0 aromatic rings. The van der Waals surface area contributed by atoms with Gasteiger partial charge in [0.1, 0.15) is 26.2 Å². The van der Waals surface area contributed by atoms with Crippen LogP contribution in [0.2, 0.25) is 0 Å². The molecule has 1 unspecified atom stereocenters. The van der Waals surface area contributed by atoms with E-state index >= 15 is 0 Å². The van der Waals surface area contributed by atoms with Crippen molar-refractivity contribution < 1.29 is 19.1 Å². The molecule has 25 heavy (non-hydrogen) atoms. The molecule has 7 nitrogen and oxygen atoms in total. The van der Waals surface area contributed by atoms with Crippen LogP contribution >= 0.6 is 0 Å². The molecule has 0 aromatic carbocycles. The first-order valence-corrected chi connectivity index (χ1v) is 8.83. The van der Waals surface area contributed by atoms with Gasteiger partial charge in [-0.25, -0.2) is 0 Å². The minimum Gasteiger partial charge on any atom is -0.356 e. The summed E-state index contributed by atoms with van der Waals surface area (Å²) in [5.41, 5.74) is -0.268. The lowest BCUT2D eigenvalue weighted by Crippen LogP contribution is -2.42. The summed E-state index contributed by atoms with van der Waals surface area (Å²) in [6.45, 7) is 3.91. The standard InChI is InChI=1S/C18H31N3O4/c1-18(2,19-3)11-16(22)20-13-24-14-21-17(23)12-25-15-9-7-5-4-6-8-10-15/h15,19H,4-7,9,11-14H2,1-3H3,(H,20,22)(H,21,23). The molecule has 0 saturated heterocycles. The highest BCUT2D eigenvalue weighted by Gasteiger charge is 2.19. The first-order valence-electron chi connectivity index (χ1n) is 8.83. The lowest BCUT2D eigenvalue weighted by atomic mass is 10.0. The third-order valence-corrected chi connectivity index (χ3v) is 3.97. The molecule has 0 radical (unpaired) electrons. The van der Waals surface area contributed by atoms with Crippen LogP contribution < -0.4 is 16.0 Å². The highest BCUT2D eigenvalue weighted by molar-refractivity contribution is 5.77. The van der Waals surface area contributed by atoms with Crippen LogP contribution in [-0.4, -0.2) is 50.6 Å². The molecule has 1 aliphatic rings. The number of hydrogen-bond donors (Lipinski definition) is 3. The molecule has 142 valence electrons. The Hall–Kier alpha value is -1.62. The SMILES string of the molecule is CNC(C)(C)CC(=O)NCOCNC(=O)COC1C#CCCCCC1. The number of rotatable bonds is 10. The monoisotopic (exact) mass is 353 g/mol. The van der Waals surface area contributed by atoms with Gasteiger partial charge in [0.05, 0.1) is 0 Å². The summed E-state index contributed by atoms with van der Waals surface area (Å²) in [6, 6.07) is 0. The first-order chi connectivity index (χ1) is 11.9. The molecular formula is C18H31N3O4. The van der Waals surface area contributed by atoms with Gasteiger partial charge >= 0.3 is 0 Å². The summed E-state index contributed by atoms with van der Waals surface area (Å²) < 4.78 is 10.7. The van der Waals surface area contributed by atoms with Crippen molar-refractivity contribution in [3.63, 3.8) is 0 Å². The quantitative estimate of drug-likeness (QED) is 0.308. The molecule has 2 amide bonds. The average Bonchev–Trinajstić information content (AvgIpc) is 2.53. The van der Waals surface area contributed by atoms with Gasteiger partial charge in [-0.05, 0) is 40.2 Å². The van der Waals surface area contributed by atoms with Gasteiger partial charge in [-0.1, -0.05) is 12.3 Å². The van der Waals surface area contributed by atoms with E-state index in [1.54, 1.807) is 0 Å². The van der Waals surface area contributed by atoms with Crippen LogP contribution in [0, 0.1) is 11.8 Å². The van der Waals surface area contributed by atoms with Gasteiger partial charge < -0.3 is 25.4 Å². The highest BCUT2D eigenvalue weighted by atomic mass is 16.5. The van der Waals surface area contributed by atoms with Crippen LogP contribution in [0.3, 0.4) is 0 Å². The van der Waals surface area contributed by atoms with E-state index in [9.17, 15) is 9.59 Å².